The van der Waals surface area contributed by atoms with Crippen LogP contribution in [0.2, 0.25) is 0 Å². The topological polar surface area (TPSA) is 6.48 Å². The number of hydrogen-bond acceptors (Lipinski definition) is 2. The van der Waals surface area contributed by atoms with Gasteiger partial charge in [0.15, 0.2) is 0 Å². The molecule has 0 fully saturated rings. The van der Waals surface area contributed by atoms with E-state index >= 15 is 0 Å². The molecular weight excluding hydrogens is 665 g/mol. The fourth-order valence-corrected chi connectivity index (χ4v) is 8.87. The van der Waals surface area contributed by atoms with Gasteiger partial charge in [-0.15, -0.1) is 0 Å². The molecule has 8 aromatic carbocycles. The van der Waals surface area contributed by atoms with Crippen LogP contribution in [0.4, 0.5) is 28.4 Å². The smallest absolute Gasteiger partial charge is 0.0697 e. The van der Waals surface area contributed by atoms with Gasteiger partial charge in [-0.25, -0.2) is 0 Å². The van der Waals surface area contributed by atoms with Gasteiger partial charge in [0.2, 0.25) is 0 Å². The number of rotatable bonds is 12. The fourth-order valence-electron chi connectivity index (χ4n) is 8.87. The lowest BCUT2D eigenvalue weighted by Crippen LogP contribution is -2.43. The van der Waals surface area contributed by atoms with Crippen LogP contribution in [-0.2, 0) is 11.0 Å². The van der Waals surface area contributed by atoms with Gasteiger partial charge in [-0.05, 0) is 112 Å². The Hall–Kier alpha value is -5.86. The monoisotopic (exact) mass is 716 g/mol. The summed E-state index contributed by atoms with van der Waals surface area (Å²) in [6.45, 7) is 11.7. The first kappa shape index (κ1) is 36.1. The zero-order valence-corrected chi connectivity index (χ0v) is 33.0. The first-order valence-electron chi connectivity index (χ1n) is 20.2. The van der Waals surface area contributed by atoms with Crippen molar-refractivity contribution in [3.63, 3.8) is 0 Å². The molecule has 0 atom stereocenters. The average molecular weight is 717 g/mol. The SMILES string of the molecule is CCC(C)(CC)c1ccc(C(CC)(CC)N(c2ccc(N(c3cccc4ccccc34)c3cccc4ccccc34)cc2)c2ccc3ccccc3c2)cc1. The van der Waals surface area contributed by atoms with Crippen LogP contribution in [0.1, 0.15) is 71.4 Å². The third-order valence-corrected chi connectivity index (χ3v) is 12.7. The van der Waals surface area contributed by atoms with Crippen LogP contribution in [0.5, 0.6) is 0 Å². The minimum Gasteiger partial charge on any atom is -0.331 e. The van der Waals surface area contributed by atoms with E-state index in [1.54, 1.807) is 0 Å². The van der Waals surface area contributed by atoms with Crippen molar-refractivity contribution in [3.8, 4) is 0 Å². The predicted octanol–water partition coefficient (Wildman–Crippen LogP) is 15.5. The maximum atomic E-state index is 2.62. The highest BCUT2D eigenvalue weighted by Gasteiger charge is 2.37. The average Bonchev–Trinajstić information content (AvgIpc) is 3.26. The van der Waals surface area contributed by atoms with Gasteiger partial charge in [0.25, 0.3) is 0 Å². The molecule has 55 heavy (non-hydrogen) atoms. The van der Waals surface area contributed by atoms with E-state index in [0.29, 0.717) is 0 Å². The Labute approximate surface area is 327 Å². The van der Waals surface area contributed by atoms with Gasteiger partial charge in [0.1, 0.15) is 0 Å². The van der Waals surface area contributed by atoms with Gasteiger partial charge in [-0.2, -0.15) is 0 Å². The lowest BCUT2D eigenvalue weighted by atomic mass is 9.76. The molecular formula is C53H52N2. The van der Waals surface area contributed by atoms with E-state index < -0.39 is 0 Å². The summed E-state index contributed by atoms with van der Waals surface area (Å²) >= 11 is 0. The molecule has 8 rings (SSSR count). The third kappa shape index (κ3) is 6.44. The van der Waals surface area contributed by atoms with Crippen molar-refractivity contribution < 1.29 is 0 Å². The molecule has 0 spiro atoms. The van der Waals surface area contributed by atoms with Crippen LogP contribution in [0.25, 0.3) is 32.3 Å². The molecule has 0 saturated heterocycles. The van der Waals surface area contributed by atoms with Crippen molar-refractivity contribution in [3.05, 3.63) is 187 Å². The zero-order chi connectivity index (χ0) is 38.0. The van der Waals surface area contributed by atoms with Crippen LogP contribution in [-0.4, -0.2) is 0 Å². The van der Waals surface area contributed by atoms with Crippen LogP contribution < -0.4 is 9.80 Å². The summed E-state index contributed by atoms with van der Waals surface area (Å²) in [4.78, 5) is 5.07. The molecule has 0 unspecified atom stereocenters. The summed E-state index contributed by atoms with van der Waals surface area (Å²) in [6, 6.07) is 65.3. The minimum absolute atomic E-state index is 0.174. The molecule has 274 valence electrons. The lowest BCUT2D eigenvalue weighted by molar-refractivity contribution is 0.402. The van der Waals surface area contributed by atoms with Crippen molar-refractivity contribution in [1.29, 1.82) is 0 Å². The lowest BCUT2D eigenvalue weighted by Gasteiger charge is -2.46. The molecule has 0 amide bonds. The van der Waals surface area contributed by atoms with Gasteiger partial charge in [-0.1, -0.05) is 162 Å². The second-order valence-corrected chi connectivity index (χ2v) is 15.3. The highest BCUT2D eigenvalue weighted by atomic mass is 15.2. The van der Waals surface area contributed by atoms with Crippen molar-refractivity contribution in [2.45, 2.75) is 71.3 Å². The quantitative estimate of drug-likeness (QED) is 0.124. The molecule has 0 aromatic heterocycles. The first-order valence-corrected chi connectivity index (χ1v) is 20.2. The Morgan fingerprint density at radius 1 is 0.382 bits per heavy atom. The van der Waals surface area contributed by atoms with Crippen molar-refractivity contribution in [2.75, 3.05) is 9.80 Å². The highest BCUT2D eigenvalue weighted by molar-refractivity contribution is 6.04. The largest absolute Gasteiger partial charge is 0.331 e. The number of fused-ring (bicyclic) bond motifs is 3. The first-order chi connectivity index (χ1) is 26.9. The molecule has 0 bridgehead atoms. The molecule has 0 N–H and O–H groups in total. The van der Waals surface area contributed by atoms with Crippen LogP contribution in [0.3, 0.4) is 0 Å². The van der Waals surface area contributed by atoms with E-state index in [4.69, 9.17) is 0 Å². The minimum atomic E-state index is -0.276. The number of nitrogens with zero attached hydrogens (tertiary/aromatic N) is 2. The van der Waals surface area contributed by atoms with Gasteiger partial charge in [-0.3, -0.25) is 0 Å². The summed E-state index contributed by atoms with van der Waals surface area (Å²) in [5.74, 6) is 0. The second-order valence-electron chi connectivity index (χ2n) is 15.3. The summed E-state index contributed by atoms with van der Waals surface area (Å²) < 4.78 is 0. The number of benzene rings is 8. The zero-order valence-electron chi connectivity index (χ0n) is 33.0. The van der Waals surface area contributed by atoms with Gasteiger partial charge in [0.05, 0.1) is 16.9 Å². The summed E-state index contributed by atoms with van der Waals surface area (Å²) in [7, 11) is 0. The Morgan fingerprint density at radius 2 is 0.836 bits per heavy atom. The molecule has 0 aliphatic rings. The second kappa shape index (κ2) is 15.1. The molecule has 0 saturated carbocycles. The van der Waals surface area contributed by atoms with E-state index in [0.717, 1.165) is 42.7 Å². The van der Waals surface area contributed by atoms with E-state index in [1.165, 1.54) is 54.8 Å². The maximum absolute atomic E-state index is 2.62. The molecule has 2 nitrogen and oxygen atoms in total. The molecule has 0 aliphatic carbocycles. The van der Waals surface area contributed by atoms with Gasteiger partial charge in [0, 0.05) is 27.8 Å². The Balaban J connectivity index is 1.31. The van der Waals surface area contributed by atoms with Gasteiger partial charge >= 0.3 is 0 Å². The molecule has 0 heterocycles. The Kier molecular flexibility index (Phi) is 9.93. The predicted molar refractivity (Wildman–Crippen MR) is 239 cm³/mol. The maximum Gasteiger partial charge on any atom is 0.0697 e. The van der Waals surface area contributed by atoms with E-state index in [2.05, 4.69) is 220 Å². The summed E-state index contributed by atoms with van der Waals surface area (Å²) in [6.07, 6.45) is 4.15. The van der Waals surface area contributed by atoms with Crippen molar-refractivity contribution >= 4 is 60.8 Å². The van der Waals surface area contributed by atoms with Crippen LogP contribution >= 0.6 is 0 Å². The molecule has 0 radical (unpaired) electrons. The van der Waals surface area contributed by atoms with Crippen LogP contribution in [0.15, 0.2) is 176 Å². The van der Waals surface area contributed by atoms with Gasteiger partial charge < -0.3 is 9.80 Å². The summed E-state index contributed by atoms with van der Waals surface area (Å²) in [5.41, 5.74) is 8.49. The standard InChI is InChI=1S/C53H52N2/c1-6-52(5,7-2)43-29-31-44(32-30-43)53(8-3,9-4)55(47-33-28-39-18-10-11-21-42(39)38-47)46-36-34-45(35-37-46)54(50-26-16-22-40-19-12-14-24-48(40)50)51-27-17-23-41-20-13-15-25-49(41)51/h10-38H,6-9H2,1-5H3. The number of hydrogen-bond donors (Lipinski definition) is 0. The third-order valence-electron chi connectivity index (χ3n) is 12.7. The normalized spacial score (nSPS) is 12.0. The van der Waals surface area contributed by atoms with Crippen molar-refractivity contribution in [2.24, 2.45) is 0 Å². The van der Waals surface area contributed by atoms with E-state index in [9.17, 15) is 0 Å². The fraction of sp³-hybridized carbons (Fsp3) is 0.208. The number of anilines is 5. The molecule has 2 heteroatoms. The molecule has 8 aromatic rings. The van der Waals surface area contributed by atoms with E-state index in [1.807, 2.05) is 0 Å². The highest BCUT2D eigenvalue weighted by Crippen LogP contribution is 2.48. The Bertz CT molecular complexity index is 2470. The van der Waals surface area contributed by atoms with E-state index in [-0.39, 0.29) is 11.0 Å². The van der Waals surface area contributed by atoms with Crippen molar-refractivity contribution in [1.82, 2.24) is 0 Å². The summed E-state index contributed by atoms with van der Waals surface area (Å²) in [5, 5.41) is 7.40. The van der Waals surface area contributed by atoms with Crippen LogP contribution in [0, 0.1) is 0 Å². The molecule has 0 aliphatic heterocycles. The Morgan fingerprint density at radius 3 is 1.38 bits per heavy atom.